The van der Waals surface area contributed by atoms with Gasteiger partial charge in [0.25, 0.3) is 0 Å². The van der Waals surface area contributed by atoms with Crippen molar-refractivity contribution in [2.24, 2.45) is 0 Å². The first-order chi connectivity index (χ1) is 9.88. The Hall–Kier alpha value is -1.58. The van der Waals surface area contributed by atoms with Gasteiger partial charge in [0.1, 0.15) is 11.4 Å². The van der Waals surface area contributed by atoms with E-state index in [1.807, 2.05) is 0 Å². The normalized spacial score (nSPS) is 24.6. The van der Waals surface area contributed by atoms with E-state index in [2.05, 4.69) is 43.9 Å². The Bertz CT molecular complexity index is 627. The second-order valence-electron chi connectivity index (χ2n) is 6.73. The van der Waals surface area contributed by atoms with Crippen LogP contribution in [0.2, 0.25) is 0 Å². The van der Waals surface area contributed by atoms with E-state index < -0.39 is 0 Å². The van der Waals surface area contributed by atoms with Gasteiger partial charge in [-0.2, -0.15) is 0 Å². The van der Waals surface area contributed by atoms with E-state index in [-0.39, 0.29) is 5.54 Å². The van der Waals surface area contributed by atoms with Gasteiger partial charge in [0, 0.05) is 24.4 Å². The summed E-state index contributed by atoms with van der Waals surface area (Å²) in [6.07, 6.45) is 13.3. The lowest BCUT2D eigenvalue weighted by Crippen LogP contribution is -2.43. The van der Waals surface area contributed by atoms with Gasteiger partial charge in [-0.25, -0.2) is 0 Å². The lowest BCUT2D eigenvalue weighted by molar-refractivity contribution is 0.176. The molecule has 0 atom stereocenters. The summed E-state index contributed by atoms with van der Waals surface area (Å²) in [5.74, 6) is 3.21. The van der Waals surface area contributed by atoms with Crippen molar-refractivity contribution in [2.75, 3.05) is 0 Å². The molecule has 104 valence electrons. The Morgan fingerprint density at radius 2 is 1.75 bits per heavy atom. The van der Waals surface area contributed by atoms with Crippen molar-refractivity contribution in [1.29, 1.82) is 0 Å². The summed E-state index contributed by atoms with van der Waals surface area (Å²) in [6.45, 7) is 0. The molecule has 3 saturated carbocycles. The van der Waals surface area contributed by atoms with Gasteiger partial charge in [-0.1, -0.05) is 0 Å². The summed E-state index contributed by atoms with van der Waals surface area (Å²) in [4.78, 5) is 0. The molecule has 5 rings (SSSR count). The van der Waals surface area contributed by atoms with E-state index in [9.17, 15) is 0 Å². The monoisotopic (exact) mass is 268 g/mol. The molecule has 0 aromatic carbocycles. The highest BCUT2D eigenvalue weighted by Gasteiger charge is 2.48. The predicted octanol–water partition coefficient (Wildman–Crippen LogP) is 3.22. The third-order valence-corrected chi connectivity index (χ3v) is 5.27. The quantitative estimate of drug-likeness (QED) is 0.853. The second kappa shape index (κ2) is 3.74. The minimum Gasteiger partial charge on any atom is -0.341 e. The lowest BCUT2D eigenvalue weighted by atomic mass is 9.75. The summed E-state index contributed by atoms with van der Waals surface area (Å²) in [5.41, 5.74) is 0.0895. The van der Waals surface area contributed by atoms with Gasteiger partial charge in [0.15, 0.2) is 5.82 Å². The molecule has 3 aliphatic rings. The van der Waals surface area contributed by atoms with E-state index in [1.54, 1.807) is 0 Å². The minimum absolute atomic E-state index is 0.0895. The highest BCUT2D eigenvalue weighted by atomic mass is 15.3. The Morgan fingerprint density at radius 3 is 2.30 bits per heavy atom. The van der Waals surface area contributed by atoms with Crippen LogP contribution >= 0.6 is 0 Å². The van der Waals surface area contributed by atoms with Gasteiger partial charge >= 0.3 is 0 Å². The fourth-order valence-electron chi connectivity index (χ4n) is 3.66. The number of hydrogen-bond acceptors (Lipinski definition) is 2. The van der Waals surface area contributed by atoms with Crippen LogP contribution in [0.3, 0.4) is 0 Å². The van der Waals surface area contributed by atoms with Gasteiger partial charge in [0.05, 0.1) is 0 Å². The summed E-state index contributed by atoms with van der Waals surface area (Å²) in [5, 5.41) is 9.28. The van der Waals surface area contributed by atoms with Gasteiger partial charge < -0.3 is 9.13 Å². The van der Waals surface area contributed by atoms with Crippen molar-refractivity contribution in [3.05, 3.63) is 36.2 Å². The molecule has 0 radical (unpaired) electrons. The molecule has 0 spiro atoms. The maximum atomic E-state index is 4.68. The topological polar surface area (TPSA) is 35.6 Å². The van der Waals surface area contributed by atoms with E-state index in [4.69, 9.17) is 0 Å². The molecule has 0 bridgehead atoms. The van der Waals surface area contributed by atoms with Crippen molar-refractivity contribution in [1.82, 2.24) is 19.3 Å². The molecule has 0 amide bonds. The van der Waals surface area contributed by atoms with E-state index in [0.717, 1.165) is 0 Å². The lowest BCUT2D eigenvalue weighted by Gasteiger charge is -2.42. The largest absolute Gasteiger partial charge is 0.341 e. The van der Waals surface area contributed by atoms with Gasteiger partial charge in [0.2, 0.25) is 0 Å². The second-order valence-corrected chi connectivity index (χ2v) is 6.73. The average molecular weight is 268 g/mol. The zero-order chi connectivity index (χ0) is 13.2. The first-order valence-electron chi connectivity index (χ1n) is 7.97. The molecular formula is C16H20N4. The van der Waals surface area contributed by atoms with E-state index in [0.29, 0.717) is 12.0 Å². The molecule has 2 heterocycles. The van der Waals surface area contributed by atoms with Crippen LogP contribution in [0.15, 0.2) is 24.5 Å². The highest BCUT2D eigenvalue weighted by Crippen LogP contribution is 2.50. The molecule has 2 aromatic rings. The molecule has 2 aromatic heterocycles. The molecule has 3 aliphatic carbocycles. The van der Waals surface area contributed by atoms with Crippen LogP contribution in [0.25, 0.3) is 0 Å². The van der Waals surface area contributed by atoms with Crippen LogP contribution < -0.4 is 0 Å². The van der Waals surface area contributed by atoms with Crippen molar-refractivity contribution >= 4 is 0 Å². The van der Waals surface area contributed by atoms with Gasteiger partial charge in [-0.05, 0) is 57.1 Å². The Kier molecular flexibility index (Phi) is 2.08. The highest BCUT2D eigenvalue weighted by molar-refractivity contribution is 5.22. The SMILES string of the molecule is c1ccn(C2(c3nnc(C4CC4)n3C3CC3)CCC2)c1. The van der Waals surface area contributed by atoms with Gasteiger partial charge in [-0.15, -0.1) is 10.2 Å². The molecule has 0 aliphatic heterocycles. The maximum Gasteiger partial charge on any atom is 0.159 e. The standard InChI is InChI=1S/C16H20N4/c1-2-11-19(10-1)16(8-3-9-16)15-18-17-14(12-4-5-12)20(15)13-6-7-13/h1-2,10-13H,3-9H2. The summed E-state index contributed by atoms with van der Waals surface area (Å²) in [7, 11) is 0. The summed E-state index contributed by atoms with van der Waals surface area (Å²) >= 11 is 0. The summed E-state index contributed by atoms with van der Waals surface area (Å²) < 4.78 is 4.90. The molecule has 20 heavy (non-hydrogen) atoms. The number of hydrogen-bond donors (Lipinski definition) is 0. The molecule has 4 heteroatoms. The third-order valence-electron chi connectivity index (χ3n) is 5.27. The van der Waals surface area contributed by atoms with Crippen molar-refractivity contribution < 1.29 is 0 Å². The van der Waals surface area contributed by atoms with Crippen LogP contribution in [0, 0.1) is 0 Å². The number of aromatic nitrogens is 4. The minimum atomic E-state index is 0.0895. The van der Waals surface area contributed by atoms with E-state index in [1.165, 1.54) is 56.6 Å². The molecule has 4 nitrogen and oxygen atoms in total. The molecule has 3 fully saturated rings. The molecule has 0 saturated heterocycles. The zero-order valence-corrected chi connectivity index (χ0v) is 11.7. The van der Waals surface area contributed by atoms with Gasteiger partial charge in [-0.3, -0.25) is 0 Å². The van der Waals surface area contributed by atoms with Crippen LogP contribution in [-0.2, 0) is 5.54 Å². The van der Waals surface area contributed by atoms with Crippen LogP contribution in [-0.4, -0.2) is 19.3 Å². The average Bonchev–Trinajstić information content (AvgIpc) is 3.34. The molecule has 0 N–H and O–H groups in total. The molecular weight excluding hydrogens is 248 g/mol. The predicted molar refractivity (Wildman–Crippen MR) is 75.6 cm³/mol. The fraction of sp³-hybridized carbons (Fsp3) is 0.625. The maximum absolute atomic E-state index is 4.68. The van der Waals surface area contributed by atoms with Crippen LogP contribution in [0.5, 0.6) is 0 Å². The zero-order valence-electron chi connectivity index (χ0n) is 11.7. The Balaban J connectivity index is 1.66. The summed E-state index contributed by atoms with van der Waals surface area (Å²) in [6, 6.07) is 4.93. The van der Waals surface area contributed by atoms with E-state index >= 15 is 0 Å². The molecule has 0 unspecified atom stereocenters. The fourth-order valence-corrected chi connectivity index (χ4v) is 3.66. The third kappa shape index (κ3) is 1.42. The van der Waals surface area contributed by atoms with Crippen LogP contribution in [0.4, 0.5) is 0 Å². The van der Waals surface area contributed by atoms with Crippen molar-refractivity contribution in [3.63, 3.8) is 0 Å². The first kappa shape index (κ1) is 11.1. The Morgan fingerprint density at radius 1 is 1.00 bits per heavy atom. The van der Waals surface area contributed by atoms with Crippen LogP contribution in [0.1, 0.15) is 68.6 Å². The Labute approximate surface area is 118 Å². The van der Waals surface area contributed by atoms with Crippen molar-refractivity contribution in [3.8, 4) is 0 Å². The smallest absolute Gasteiger partial charge is 0.159 e. The first-order valence-corrected chi connectivity index (χ1v) is 7.97. The number of nitrogens with zero attached hydrogens (tertiary/aromatic N) is 4. The number of rotatable bonds is 4. The van der Waals surface area contributed by atoms with Crippen molar-refractivity contribution in [2.45, 2.75) is 62.4 Å².